The average molecular weight is 1110 g/mol. The molecule has 0 unspecified atom stereocenters. The Morgan fingerprint density at radius 2 is 0.756 bits per heavy atom. The third kappa shape index (κ3) is 13.0. The summed E-state index contributed by atoms with van der Waals surface area (Å²) in [5, 5.41) is 4.62. The van der Waals surface area contributed by atoms with Crippen molar-refractivity contribution >= 4 is 37.5 Å². The molecule has 4 bridgehead atoms. The Kier molecular flexibility index (Phi) is 20.3. The fourth-order valence-electron chi connectivity index (χ4n) is 13.5. The van der Waals surface area contributed by atoms with Crippen molar-refractivity contribution < 1.29 is 18.9 Å². The lowest BCUT2D eigenvalue weighted by Crippen LogP contribution is -2.25. The number of fused-ring (bicyclic) bond motifs is 3. The molecule has 7 aromatic rings. The van der Waals surface area contributed by atoms with Crippen LogP contribution in [0.15, 0.2) is 120 Å². The molecule has 5 heteroatoms. The number of ether oxygens (including phenoxy) is 4. The van der Waals surface area contributed by atoms with Gasteiger partial charge in [-0.3, -0.25) is 0 Å². The van der Waals surface area contributed by atoms with E-state index in [9.17, 15) is 0 Å². The molecule has 2 aliphatic heterocycles. The zero-order chi connectivity index (χ0) is 53.4. The van der Waals surface area contributed by atoms with Crippen molar-refractivity contribution in [1.29, 1.82) is 0 Å². The van der Waals surface area contributed by atoms with Crippen LogP contribution in [0.1, 0.15) is 205 Å². The van der Waals surface area contributed by atoms with Crippen LogP contribution < -0.4 is 18.9 Å². The molecule has 0 saturated carbocycles. The van der Waals surface area contributed by atoms with Gasteiger partial charge in [0.2, 0.25) is 0 Å². The summed E-state index contributed by atoms with van der Waals surface area (Å²) in [7, 11) is 0. The molecule has 0 radical (unpaired) electrons. The zero-order valence-electron chi connectivity index (χ0n) is 47.6. The Labute approximate surface area is 477 Å². The van der Waals surface area contributed by atoms with Crippen LogP contribution in [0, 0.1) is 0 Å². The van der Waals surface area contributed by atoms with Gasteiger partial charge in [0.1, 0.15) is 23.0 Å². The number of benzene rings is 7. The summed E-state index contributed by atoms with van der Waals surface area (Å²) in [6.45, 7) is 7.32. The predicted octanol–water partition coefficient (Wildman–Crippen LogP) is 22.5. The van der Waals surface area contributed by atoms with E-state index in [-0.39, 0.29) is 5.41 Å². The molecule has 0 aromatic heterocycles. The first-order chi connectivity index (χ1) is 38.6. The Hall–Kier alpha value is -5.26. The van der Waals surface area contributed by atoms with Crippen molar-refractivity contribution in [3.8, 4) is 67.5 Å². The van der Waals surface area contributed by atoms with Crippen LogP contribution in [-0.4, -0.2) is 26.4 Å². The van der Waals surface area contributed by atoms with E-state index in [2.05, 4.69) is 145 Å². The first-order valence-corrected chi connectivity index (χ1v) is 32.1. The topological polar surface area (TPSA) is 36.9 Å². The second-order valence-corrected chi connectivity index (χ2v) is 24.1. The van der Waals surface area contributed by atoms with Gasteiger partial charge in [-0.2, -0.15) is 0 Å². The Bertz CT molecular complexity index is 2980. The molecule has 2 heterocycles. The highest BCUT2D eigenvalue weighted by Gasteiger charge is 2.42. The van der Waals surface area contributed by atoms with Crippen molar-refractivity contribution in [2.75, 3.05) is 26.4 Å². The molecule has 78 heavy (non-hydrogen) atoms. The highest BCUT2D eigenvalue weighted by molar-refractivity contribution is 9.10. The van der Waals surface area contributed by atoms with Crippen molar-refractivity contribution in [2.24, 2.45) is 0 Å². The predicted molar refractivity (Wildman–Crippen MR) is 334 cm³/mol. The van der Waals surface area contributed by atoms with Crippen molar-refractivity contribution in [1.82, 2.24) is 0 Å². The van der Waals surface area contributed by atoms with Gasteiger partial charge in [-0.25, -0.2) is 0 Å². The molecule has 0 saturated heterocycles. The van der Waals surface area contributed by atoms with Gasteiger partial charge in [0, 0.05) is 21.0 Å². The molecule has 0 atom stereocenters. The van der Waals surface area contributed by atoms with E-state index in [0.717, 1.165) is 117 Å². The lowest BCUT2D eigenvalue weighted by atomic mass is 9.70. The highest BCUT2D eigenvalue weighted by atomic mass is 79.9. The molecule has 7 aromatic carbocycles. The third-order valence-corrected chi connectivity index (χ3v) is 18.2. The van der Waals surface area contributed by atoms with E-state index >= 15 is 0 Å². The summed E-state index contributed by atoms with van der Waals surface area (Å²) in [5.74, 6) is 3.54. The van der Waals surface area contributed by atoms with Crippen molar-refractivity contribution in [3.63, 3.8) is 0 Å². The van der Waals surface area contributed by atoms with Crippen LogP contribution in [0.2, 0.25) is 0 Å². The second-order valence-electron chi connectivity index (χ2n) is 23.2. The van der Waals surface area contributed by atoms with Gasteiger partial charge in [0.05, 0.1) is 37.6 Å². The maximum Gasteiger partial charge on any atom is 0.130 e. The zero-order valence-corrected chi connectivity index (χ0v) is 49.2. The second kappa shape index (κ2) is 28.2. The number of unbranched alkanes of at least 4 members (excludes halogenated alkanes) is 10. The summed E-state index contributed by atoms with van der Waals surface area (Å²) < 4.78 is 29.1. The minimum Gasteiger partial charge on any atom is -0.493 e. The van der Waals surface area contributed by atoms with E-state index < -0.39 is 0 Å². The lowest BCUT2D eigenvalue weighted by Gasteiger charge is -2.33. The fourth-order valence-corrected chi connectivity index (χ4v) is 13.9. The molecule has 4 nitrogen and oxygen atoms in total. The van der Waals surface area contributed by atoms with E-state index in [1.807, 2.05) is 0 Å². The minimum atomic E-state index is -0.0160. The van der Waals surface area contributed by atoms with Gasteiger partial charge in [-0.1, -0.05) is 238 Å². The highest BCUT2D eigenvalue weighted by Crippen LogP contribution is 2.57. The first kappa shape index (κ1) is 56.0. The summed E-state index contributed by atoms with van der Waals surface area (Å²) in [6, 6.07) is 44.2. The lowest BCUT2D eigenvalue weighted by molar-refractivity contribution is 0.288. The van der Waals surface area contributed by atoms with Gasteiger partial charge >= 0.3 is 0 Å². The Morgan fingerprint density at radius 1 is 0.346 bits per heavy atom. The normalized spacial score (nSPS) is 16.2. The van der Waals surface area contributed by atoms with Crippen LogP contribution in [0.3, 0.4) is 0 Å². The summed E-state index contributed by atoms with van der Waals surface area (Å²) in [5.41, 5.74) is 12.8. The molecular weight excluding hydrogens is 1020 g/mol. The number of hydrogen-bond donors (Lipinski definition) is 0. The van der Waals surface area contributed by atoms with Crippen LogP contribution >= 0.6 is 15.9 Å². The van der Waals surface area contributed by atoms with Crippen LogP contribution in [0.5, 0.6) is 23.0 Å². The van der Waals surface area contributed by atoms with Gasteiger partial charge in [-0.05, 0) is 142 Å². The summed E-state index contributed by atoms with van der Waals surface area (Å²) in [4.78, 5) is 0. The summed E-state index contributed by atoms with van der Waals surface area (Å²) in [6.07, 6.45) is 34.1. The quantitative estimate of drug-likeness (QED) is 0.0757. The average Bonchev–Trinajstić information content (AvgIpc) is 3.96. The molecule has 10 rings (SSSR count). The molecule has 0 N–H and O–H groups in total. The Balaban J connectivity index is 1.21. The maximum atomic E-state index is 7.05. The molecule has 0 spiro atoms. The van der Waals surface area contributed by atoms with Crippen molar-refractivity contribution in [3.05, 3.63) is 131 Å². The molecule has 0 fully saturated rings. The molecule has 0 amide bonds. The van der Waals surface area contributed by atoms with Gasteiger partial charge < -0.3 is 18.9 Å². The maximum absolute atomic E-state index is 7.05. The molecule has 412 valence electrons. The Morgan fingerprint density at radius 3 is 1.27 bits per heavy atom. The van der Waals surface area contributed by atoms with E-state index in [1.54, 1.807) is 5.56 Å². The third-order valence-electron chi connectivity index (χ3n) is 17.7. The van der Waals surface area contributed by atoms with E-state index in [1.165, 1.54) is 162 Å². The smallest absolute Gasteiger partial charge is 0.130 e. The minimum absolute atomic E-state index is 0.0160. The molecular formula is C73H89BrO4. The van der Waals surface area contributed by atoms with E-state index in [0.29, 0.717) is 26.4 Å². The number of hydrogen-bond acceptors (Lipinski definition) is 4. The van der Waals surface area contributed by atoms with Crippen LogP contribution in [0.25, 0.3) is 66.1 Å². The van der Waals surface area contributed by atoms with Gasteiger partial charge in [0.25, 0.3) is 0 Å². The van der Waals surface area contributed by atoms with Gasteiger partial charge in [0.15, 0.2) is 0 Å². The van der Waals surface area contributed by atoms with Gasteiger partial charge in [-0.15, -0.1) is 0 Å². The van der Waals surface area contributed by atoms with Crippen LogP contribution in [-0.2, 0) is 5.41 Å². The number of rotatable bonds is 15. The van der Waals surface area contributed by atoms with E-state index in [4.69, 9.17) is 18.9 Å². The monoisotopic (exact) mass is 1110 g/mol. The molecule has 3 aliphatic rings. The largest absolute Gasteiger partial charge is 0.493 e. The SMILES string of the molecule is CCCCCCCCC1(CCCCCCCC)c2ccccc2-c2ccc(-c3ccc4c5c6cc(Br)ccc6c(c4c3)-c3c4cccc3OCCCCCCCCCOc3cccc(c3-5)OCCCCCCCCCO4)cc21. The standard InChI is InChI=1S/C73H89BrO4/c1-3-5-7-9-17-25-45-73(46-26-18-10-8-6-4-2)63-34-24-23-33-57(63)58-42-39-55(52-64(58)73)54-40-43-59-61(51-54)69-60-44-41-56(74)53-62(60)70(59)72-67-37-32-38-68(72)78-50-30-22-16-12-14-20-28-48-76-66-36-31-35-65(71(66)69)75-47-27-19-13-11-15-21-29-49-77-67/h23-24,31-44,51-53H,3-22,25-30,45-50H2,1-2H3. The number of halogens is 1. The molecule has 1 aliphatic carbocycles. The fraction of sp³-hybridized carbons (Fsp3) is 0.479. The first-order valence-electron chi connectivity index (χ1n) is 31.3. The summed E-state index contributed by atoms with van der Waals surface area (Å²) >= 11 is 4.00. The van der Waals surface area contributed by atoms with Crippen LogP contribution in [0.4, 0.5) is 0 Å². The van der Waals surface area contributed by atoms with Crippen molar-refractivity contribution in [2.45, 2.75) is 199 Å².